The summed E-state index contributed by atoms with van der Waals surface area (Å²) in [6, 6.07) is 13.4. The highest BCUT2D eigenvalue weighted by molar-refractivity contribution is 5.30. The predicted octanol–water partition coefficient (Wildman–Crippen LogP) is 2.12. The van der Waals surface area contributed by atoms with E-state index in [2.05, 4.69) is 28.8 Å². The highest BCUT2D eigenvalue weighted by Crippen LogP contribution is 2.29. The van der Waals surface area contributed by atoms with Crippen molar-refractivity contribution in [2.75, 3.05) is 19.8 Å². The van der Waals surface area contributed by atoms with Crippen LogP contribution in [0.15, 0.2) is 42.6 Å². The van der Waals surface area contributed by atoms with Gasteiger partial charge in [0.05, 0.1) is 24.6 Å². The molecule has 0 bridgehead atoms. The molecule has 0 amide bonds. The van der Waals surface area contributed by atoms with Gasteiger partial charge in [-0.3, -0.25) is 0 Å². The summed E-state index contributed by atoms with van der Waals surface area (Å²) in [7, 11) is 0. The van der Waals surface area contributed by atoms with E-state index in [0.29, 0.717) is 18.0 Å². The number of hydrogen-bond donors (Lipinski definition) is 2. The molecule has 24 heavy (non-hydrogen) atoms. The fourth-order valence-electron chi connectivity index (χ4n) is 4.00. The van der Waals surface area contributed by atoms with Crippen molar-refractivity contribution < 1.29 is 4.74 Å². The second-order valence-electron chi connectivity index (χ2n) is 6.80. The van der Waals surface area contributed by atoms with Gasteiger partial charge in [0.1, 0.15) is 0 Å². The van der Waals surface area contributed by atoms with Crippen molar-refractivity contribution in [2.24, 2.45) is 5.92 Å². The van der Waals surface area contributed by atoms with E-state index in [1.165, 1.54) is 19.3 Å². The van der Waals surface area contributed by atoms with E-state index < -0.39 is 0 Å². The molecular formula is C19H26N4O. The van der Waals surface area contributed by atoms with Gasteiger partial charge >= 0.3 is 0 Å². The third-order valence-corrected chi connectivity index (χ3v) is 5.25. The molecule has 1 aliphatic carbocycles. The monoisotopic (exact) mass is 326 g/mol. The van der Waals surface area contributed by atoms with Gasteiger partial charge < -0.3 is 15.4 Å². The second-order valence-corrected chi connectivity index (χ2v) is 6.80. The zero-order valence-electron chi connectivity index (χ0n) is 14.0. The quantitative estimate of drug-likeness (QED) is 0.884. The Morgan fingerprint density at radius 1 is 1.21 bits per heavy atom. The lowest BCUT2D eigenvalue weighted by molar-refractivity contribution is 0.0524. The summed E-state index contributed by atoms with van der Waals surface area (Å²) in [6.45, 7) is 3.51. The molecule has 3 unspecified atom stereocenters. The van der Waals surface area contributed by atoms with Gasteiger partial charge in [0.2, 0.25) is 0 Å². The van der Waals surface area contributed by atoms with E-state index in [-0.39, 0.29) is 0 Å². The smallest absolute Gasteiger partial charge is 0.0766 e. The zero-order chi connectivity index (χ0) is 16.2. The van der Waals surface area contributed by atoms with Crippen molar-refractivity contribution in [1.29, 1.82) is 0 Å². The molecule has 0 spiro atoms. The lowest BCUT2D eigenvalue weighted by Crippen LogP contribution is -2.50. The number of benzene rings is 1. The first-order chi connectivity index (χ1) is 11.9. The van der Waals surface area contributed by atoms with Gasteiger partial charge in [-0.05, 0) is 37.0 Å². The van der Waals surface area contributed by atoms with E-state index in [9.17, 15) is 0 Å². The van der Waals surface area contributed by atoms with Crippen LogP contribution in [0.3, 0.4) is 0 Å². The molecule has 5 heteroatoms. The number of para-hydroxylation sites is 1. The van der Waals surface area contributed by atoms with Crippen molar-refractivity contribution in [3.63, 3.8) is 0 Å². The summed E-state index contributed by atoms with van der Waals surface area (Å²) in [5.74, 6) is 0.668. The van der Waals surface area contributed by atoms with E-state index >= 15 is 0 Å². The van der Waals surface area contributed by atoms with Crippen LogP contribution in [0.1, 0.15) is 25.0 Å². The Hall–Kier alpha value is -1.69. The molecule has 5 nitrogen and oxygen atoms in total. The maximum absolute atomic E-state index is 5.65. The van der Waals surface area contributed by atoms with E-state index in [0.717, 1.165) is 37.7 Å². The summed E-state index contributed by atoms with van der Waals surface area (Å²) < 4.78 is 7.60. The van der Waals surface area contributed by atoms with Crippen molar-refractivity contribution in [3.8, 4) is 5.69 Å². The minimum absolute atomic E-state index is 0.501. The largest absolute Gasteiger partial charge is 0.379 e. The van der Waals surface area contributed by atoms with Crippen molar-refractivity contribution >= 4 is 0 Å². The van der Waals surface area contributed by atoms with Crippen LogP contribution in [0.4, 0.5) is 0 Å². The molecule has 2 N–H and O–H groups in total. The van der Waals surface area contributed by atoms with Crippen LogP contribution in [0.2, 0.25) is 0 Å². The highest BCUT2D eigenvalue weighted by Gasteiger charge is 2.34. The summed E-state index contributed by atoms with van der Waals surface area (Å²) in [5, 5.41) is 12.1. The maximum Gasteiger partial charge on any atom is 0.0766 e. The van der Waals surface area contributed by atoms with Crippen molar-refractivity contribution in [1.82, 2.24) is 20.4 Å². The molecule has 2 aromatic rings. The highest BCUT2D eigenvalue weighted by atomic mass is 16.5. The maximum atomic E-state index is 5.65. The van der Waals surface area contributed by atoms with Gasteiger partial charge in [0.25, 0.3) is 0 Å². The fourth-order valence-corrected chi connectivity index (χ4v) is 4.00. The topological polar surface area (TPSA) is 51.1 Å². The standard InChI is InChI=1S/C19H26N4O/c1-2-5-16(6-3-1)23-11-9-15(22-23)13-21-18-8-4-7-17(18)19-14-24-12-10-20-19/h1-3,5-6,9,11,17-21H,4,7-8,10,12-14H2. The first kappa shape index (κ1) is 15.8. The number of aromatic nitrogens is 2. The zero-order valence-corrected chi connectivity index (χ0v) is 14.0. The summed E-state index contributed by atoms with van der Waals surface area (Å²) in [5.41, 5.74) is 2.20. The Morgan fingerprint density at radius 2 is 2.12 bits per heavy atom. The Labute approximate surface area is 143 Å². The van der Waals surface area contributed by atoms with E-state index in [4.69, 9.17) is 9.84 Å². The molecular weight excluding hydrogens is 300 g/mol. The predicted molar refractivity (Wildman–Crippen MR) is 94.1 cm³/mol. The minimum Gasteiger partial charge on any atom is -0.379 e. The molecule has 1 saturated carbocycles. The fraction of sp³-hybridized carbons (Fsp3) is 0.526. The van der Waals surface area contributed by atoms with Gasteiger partial charge in [-0.2, -0.15) is 5.10 Å². The van der Waals surface area contributed by atoms with Crippen LogP contribution >= 0.6 is 0 Å². The van der Waals surface area contributed by atoms with Crippen LogP contribution < -0.4 is 10.6 Å². The SMILES string of the molecule is c1ccc(-n2ccc(CNC3CCCC3C3COCCN3)n2)cc1. The van der Waals surface area contributed by atoms with Crippen LogP contribution in [0.5, 0.6) is 0 Å². The summed E-state index contributed by atoms with van der Waals surface area (Å²) in [4.78, 5) is 0. The number of rotatable bonds is 5. The number of nitrogens with one attached hydrogen (secondary N) is 2. The van der Waals surface area contributed by atoms with Crippen LogP contribution in [-0.2, 0) is 11.3 Å². The molecule has 4 rings (SSSR count). The van der Waals surface area contributed by atoms with Crippen LogP contribution in [0.25, 0.3) is 5.69 Å². The average Bonchev–Trinajstić information content (AvgIpc) is 3.31. The number of morpholine rings is 1. The lowest BCUT2D eigenvalue weighted by atomic mass is 9.94. The average molecular weight is 326 g/mol. The molecule has 128 valence electrons. The number of ether oxygens (including phenoxy) is 1. The Bertz CT molecular complexity index is 636. The molecule has 1 aromatic heterocycles. The van der Waals surface area contributed by atoms with Gasteiger partial charge in [-0.25, -0.2) is 4.68 Å². The summed E-state index contributed by atoms with van der Waals surface area (Å²) >= 11 is 0. The summed E-state index contributed by atoms with van der Waals surface area (Å²) in [6.07, 6.45) is 5.88. The van der Waals surface area contributed by atoms with Gasteiger partial charge in [0, 0.05) is 31.4 Å². The van der Waals surface area contributed by atoms with Crippen LogP contribution in [0, 0.1) is 5.92 Å². The number of nitrogens with zero attached hydrogens (tertiary/aromatic N) is 2. The second kappa shape index (κ2) is 7.47. The van der Waals surface area contributed by atoms with Crippen molar-refractivity contribution in [2.45, 2.75) is 37.9 Å². The van der Waals surface area contributed by atoms with Gasteiger partial charge in [-0.15, -0.1) is 0 Å². The normalized spacial score (nSPS) is 27.4. The molecule has 1 aromatic carbocycles. The Morgan fingerprint density at radius 3 is 2.96 bits per heavy atom. The lowest BCUT2D eigenvalue weighted by Gasteiger charge is -2.32. The third kappa shape index (κ3) is 3.53. The van der Waals surface area contributed by atoms with E-state index in [1.807, 2.05) is 29.1 Å². The molecule has 1 saturated heterocycles. The molecule has 2 fully saturated rings. The van der Waals surface area contributed by atoms with E-state index in [1.54, 1.807) is 0 Å². The van der Waals surface area contributed by atoms with Crippen LogP contribution in [-0.4, -0.2) is 41.6 Å². The number of hydrogen-bond acceptors (Lipinski definition) is 4. The molecule has 0 radical (unpaired) electrons. The first-order valence-electron chi connectivity index (χ1n) is 9.04. The van der Waals surface area contributed by atoms with Crippen molar-refractivity contribution in [3.05, 3.63) is 48.3 Å². The first-order valence-corrected chi connectivity index (χ1v) is 9.04. The Balaban J connectivity index is 1.35. The van der Waals surface area contributed by atoms with Gasteiger partial charge in [0.15, 0.2) is 0 Å². The molecule has 2 heterocycles. The third-order valence-electron chi connectivity index (χ3n) is 5.25. The Kier molecular flexibility index (Phi) is 4.92. The minimum atomic E-state index is 0.501. The molecule has 1 aliphatic heterocycles. The molecule has 2 aliphatic rings. The van der Waals surface area contributed by atoms with Gasteiger partial charge in [-0.1, -0.05) is 24.6 Å². The molecule has 3 atom stereocenters.